The minimum atomic E-state index is -3.95. The van der Waals surface area contributed by atoms with Gasteiger partial charge in [0, 0.05) is 19.2 Å². The van der Waals surface area contributed by atoms with Crippen LogP contribution in [0.4, 0.5) is 0 Å². The molecule has 0 bridgehead atoms. The molecule has 2 rings (SSSR count). The van der Waals surface area contributed by atoms with Crippen molar-refractivity contribution in [3.63, 3.8) is 0 Å². The van der Waals surface area contributed by atoms with E-state index >= 15 is 0 Å². The largest absolute Gasteiger partial charge is 0.495 e. The topological polar surface area (TPSA) is 108 Å². The third kappa shape index (κ3) is 4.45. The lowest BCUT2D eigenvalue weighted by molar-refractivity contribution is -0.145. The summed E-state index contributed by atoms with van der Waals surface area (Å²) in [5.74, 6) is -0.754. The van der Waals surface area contributed by atoms with E-state index in [1.54, 1.807) is 6.92 Å². The third-order valence-electron chi connectivity index (χ3n) is 3.62. The van der Waals surface area contributed by atoms with E-state index in [4.69, 9.17) is 14.2 Å². The van der Waals surface area contributed by atoms with Crippen LogP contribution in [0, 0.1) is 0 Å². The average molecular weight is 379 g/mol. The molecule has 10 heteroatoms. The molecule has 0 amide bonds. The van der Waals surface area contributed by atoms with Crippen molar-refractivity contribution in [2.45, 2.75) is 28.9 Å². The Morgan fingerprint density at radius 1 is 1.21 bits per heavy atom. The molecule has 1 aromatic carbocycles. The highest BCUT2D eigenvalue weighted by Crippen LogP contribution is 2.27. The molecule has 1 aliphatic rings. The lowest BCUT2D eigenvalue weighted by Gasteiger charge is -2.22. The second-order valence-electron chi connectivity index (χ2n) is 5.56. The van der Waals surface area contributed by atoms with Gasteiger partial charge >= 0.3 is 0 Å². The summed E-state index contributed by atoms with van der Waals surface area (Å²) in [6.45, 7) is 2.74. The Hall–Kier alpha value is -1.20. The van der Waals surface area contributed by atoms with Gasteiger partial charge in [-0.1, -0.05) is 0 Å². The zero-order valence-corrected chi connectivity index (χ0v) is 15.4. The van der Waals surface area contributed by atoms with Crippen LogP contribution in [0.1, 0.15) is 13.3 Å². The maximum atomic E-state index is 12.5. The molecule has 1 aliphatic heterocycles. The van der Waals surface area contributed by atoms with Gasteiger partial charge in [0.1, 0.15) is 10.6 Å². The van der Waals surface area contributed by atoms with Crippen molar-refractivity contribution in [2.24, 2.45) is 0 Å². The highest BCUT2D eigenvalue weighted by atomic mass is 32.2. The van der Waals surface area contributed by atoms with Gasteiger partial charge in [-0.3, -0.25) is 0 Å². The Morgan fingerprint density at radius 2 is 1.83 bits per heavy atom. The van der Waals surface area contributed by atoms with Gasteiger partial charge in [-0.15, -0.1) is 0 Å². The normalized spacial score (nSPS) is 17.8. The second kappa shape index (κ2) is 6.96. The summed E-state index contributed by atoms with van der Waals surface area (Å²) < 4.78 is 66.6. The molecular weight excluding hydrogens is 358 g/mol. The Labute approximate surface area is 142 Å². The smallest absolute Gasteiger partial charge is 0.244 e. The van der Waals surface area contributed by atoms with E-state index in [9.17, 15) is 16.8 Å². The number of nitrogens with one attached hydrogen (secondary N) is 1. The molecule has 1 aromatic rings. The Bertz CT molecular complexity index is 796. The summed E-state index contributed by atoms with van der Waals surface area (Å²) in [7, 11) is -6.18. The van der Waals surface area contributed by atoms with Crippen LogP contribution in [0.2, 0.25) is 0 Å². The van der Waals surface area contributed by atoms with Gasteiger partial charge in [0.05, 0.1) is 25.2 Å². The van der Waals surface area contributed by atoms with Gasteiger partial charge in [-0.2, -0.15) is 0 Å². The van der Waals surface area contributed by atoms with E-state index in [1.165, 1.54) is 19.2 Å². The molecule has 1 saturated heterocycles. The van der Waals surface area contributed by atoms with E-state index in [-0.39, 0.29) is 22.1 Å². The summed E-state index contributed by atoms with van der Waals surface area (Å²) in [6.07, 6.45) is 1.33. The third-order valence-corrected chi connectivity index (χ3v) is 6.21. The summed E-state index contributed by atoms with van der Waals surface area (Å²) in [5, 5.41) is 0. The first kappa shape index (κ1) is 19.1. The number of hydrogen-bond acceptors (Lipinski definition) is 7. The van der Waals surface area contributed by atoms with Crippen LogP contribution in [-0.4, -0.2) is 55.7 Å². The first-order valence-electron chi connectivity index (χ1n) is 7.23. The molecule has 0 aliphatic carbocycles. The molecule has 0 unspecified atom stereocenters. The van der Waals surface area contributed by atoms with E-state index in [0.717, 1.165) is 12.3 Å². The van der Waals surface area contributed by atoms with Gasteiger partial charge in [0.15, 0.2) is 15.6 Å². The predicted molar refractivity (Wildman–Crippen MR) is 86.2 cm³/mol. The first-order chi connectivity index (χ1) is 11.1. The molecule has 24 heavy (non-hydrogen) atoms. The number of sulfonamides is 1. The number of benzene rings is 1. The summed E-state index contributed by atoms with van der Waals surface area (Å²) in [4.78, 5) is -0.329. The number of methoxy groups -OCH3 is 1. The fourth-order valence-corrected chi connectivity index (χ4v) is 4.24. The molecule has 136 valence electrons. The molecule has 0 saturated carbocycles. The first-order valence-corrected chi connectivity index (χ1v) is 10.6. The van der Waals surface area contributed by atoms with E-state index in [0.29, 0.717) is 19.6 Å². The van der Waals surface area contributed by atoms with Crippen LogP contribution >= 0.6 is 0 Å². The van der Waals surface area contributed by atoms with Crippen LogP contribution in [-0.2, 0) is 29.3 Å². The standard InChI is InChI=1S/C14H21NO7S2/c1-14(21-8-9-22-14)6-7-15-24(18,19)13-10-11(23(3,16)17)4-5-12(13)20-2/h4-5,10,15H,6-9H2,1-3H3. The molecule has 0 aromatic heterocycles. The van der Waals surface area contributed by atoms with Crippen molar-refractivity contribution < 1.29 is 31.0 Å². The molecule has 8 nitrogen and oxygen atoms in total. The molecule has 1 N–H and O–H groups in total. The Kier molecular flexibility index (Phi) is 5.55. The minimum Gasteiger partial charge on any atom is -0.495 e. The SMILES string of the molecule is COc1ccc(S(C)(=O)=O)cc1S(=O)(=O)NCCC1(C)OCCO1. The summed E-state index contributed by atoms with van der Waals surface area (Å²) in [5.41, 5.74) is 0. The van der Waals surface area contributed by atoms with Crippen LogP contribution in [0.15, 0.2) is 28.0 Å². The van der Waals surface area contributed by atoms with Gasteiger partial charge < -0.3 is 14.2 Å². The van der Waals surface area contributed by atoms with Gasteiger partial charge in [0.25, 0.3) is 0 Å². The van der Waals surface area contributed by atoms with E-state index in [2.05, 4.69) is 4.72 Å². The number of sulfone groups is 1. The van der Waals surface area contributed by atoms with Crippen molar-refractivity contribution in [1.29, 1.82) is 0 Å². The summed E-state index contributed by atoms with van der Waals surface area (Å²) >= 11 is 0. The number of ether oxygens (including phenoxy) is 3. The lowest BCUT2D eigenvalue weighted by atomic mass is 10.2. The molecule has 1 heterocycles. The Balaban J connectivity index is 2.21. The predicted octanol–water partition coefficient (Wildman–Crippen LogP) is 0.530. The van der Waals surface area contributed by atoms with Crippen molar-refractivity contribution in [3.8, 4) is 5.75 Å². The fraction of sp³-hybridized carbons (Fsp3) is 0.571. The zero-order valence-electron chi connectivity index (χ0n) is 13.7. The highest BCUT2D eigenvalue weighted by Gasteiger charge is 2.31. The average Bonchev–Trinajstić information content (AvgIpc) is 2.92. The minimum absolute atomic E-state index is 0.0643. The fourth-order valence-electron chi connectivity index (χ4n) is 2.29. The van der Waals surface area contributed by atoms with Crippen LogP contribution in [0.3, 0.4) is 0 Å². The van der Waals surface area contributed by atoms with E-state index in [1.807, 2.05) is 0 Å². The van der Waals surface area contributed by atoms with E-state index < -0.39 is 25.6 Å². The van der Waals surface area contributed by atoms with Crippen molar-refractivity contribution in [1.82, 2.24) is 4.72 Å². The molecule has 0 spiro atoms. The van der Waals surface area contributed by atoms with Gasteiger partial charge in [-0.25, -0.2) is 21.6 Å². The maximum Gasteiger partial charge on any atom is 0.244 e. The highest BCUT2D eigenvalue weighted by molar-refractivity contribution is 7.91. The number of rotatable bonds is 7. The van der Waals surface area contributed by atoms with Crippen LogP contribution in [0.25, 0.3) is 0 Å². The van der Waals surface area contributed by atoms with Crippen molar-refractivity contribution >= 4 is 19.9 Å². The monoisotopic (exact) mass is 379 g/mol. The molecule has 0 radical (unpaired) electrons. The van der Waals surface area contributed by atoms with Crippen molar-refractivity contribution in [2.75, 3.05) is 33.1 Å². The summed E-state index contributed by atoms with van der Waals surface area (Å²) in [6, 6.07) is 3.70. The van der Waals surface area contributed by atoms with Crippen LogP contribution in [0.5, 0.6) is 5.75 Å². The lowest BCUT2D eigenvalue weighted by Crippen LogP contribution is -2.33. The molecule has 1 fully saturated rings. The quantitative estimate of drug-likeness (QED) is 0.736. The number of hydrogen-bond donors (Lipinski definition) is 1. The zero-order chi connectivity index (χ0) is 18.0. The van der Waals surface area contributed by atoms with Crippen molar-refractivity contribution in [3.05, 3.63) is 18.2 Å². The van der Waals surface area contributed by atoms with Gasteiger partial charge in [0.2, 0.25) is 10.0 Å². The maximum absolute atomic E-state index is 12.5. The van der Waals surface area contributed by atoms with Crippen LogP contribution < -0.4 is 9.46 Å². The Morgan fingerprint density at radius 3 is 2.38 bits per heavy atom. The van der Waals surface area contributed by atoms with Gasteiger partial charge in [-0.05, 0) is 25.1 Å². The molecular formula is C14H21NO7S2. The molecule has 0 atom stereocenters. The second-order valence-corrected chi connectivity index (χ2v) is 9.31.